The van der Waals surface area contributed by atoms with Crippen LogP contribution in [-0.4, -0.2) is 5.11 Å². The van der Waals surface area contributed by atoms with Crippen LogP contribution in [0.4, 0.5) is 0 Å². The lowest BCUT2D eigenvalue weighted by Crippen LogP contribution is -1.99. The molecule has 2 aromatic carbocycles. The fraction of sp³-hybridized carbons (Fsp3) is 0.429. The van der Waals surface area contributed by atoms with Gasteiger partial charge >= 0.3 is 0 Å². The number of hydrogen-bond donors (Lipinski definition) is 1. The molecule has 0 saturated carbocycles. The molecule has 0 amide bonds. The van der Waals surface area contributed by atoms with E-state index in [0.717, 1.165) is 24.8 Å². The Morgan fingerprint density at radius 2 is 1.50 bits per heavy atom. The largest absolute Gasteiger partial charge is 0.508 e. The Bertz CT molecular complexity index is 572. The monoisotopic (exact) mass is 296 g/mol. The van der Waals surface area contributed by atoms with Crippen molar-refractivity contribution < 1.29 is 5.11 Å². The molecule has 118 valence electrons. The van der Waals surface area contributed by atoms with Gasteiger partial charge in [-0.05, 0) is 48.4 Å². The Hall–Kier alpha value is -1.76. The number of phenols is 1. The first-order valence-corrected chi connectivity index (χ1v) is 8.62. The molecule has 2 aromatic rings. The van der Waals surface area contributed by atoms with Gasteiger partial charge in [-0.15, -0.1) is 0 Å². The van der Waals surface area contributed by atoms with Crippen molar-refractivity contribution in [2.75, 3.05) is 0 Å². The summed E-state index contributed by atoms with van der Waals surface area (Å²) >= 11 is 0. The van der Waals surface area contributed by atoms with Crippen LogP contribution in [0.25, 0.3) is 0 Å². The predicted octanol–water partition coefficient (Wildman–Crippen LogP) is 5.67. The summed E-state index contributed by atoms with van der Waals surface area (Å²) in [5.41, 5.74) is 4.98. The van der Waals surface area contributed by atoms with E-state index < -0.39 is 0 Å². The van der Waals surface area contributed by atoms with Crippen LogP contribution in [0.2, 0.25) is 0 Å². The van der Waals surface area contributed by atoms with E-state index >= 15 is 0 Å². The van der Waals surface area contributed by atoms with Gasteiger partial charge in [-0.2, -0.15) is 0 Å². The van der Waals surface area contributed by atoms with Crippen molar-refractivity contribution in [3.8, 4) is 5.75 Å². The van der Waals surface area contributed by atoms with E-state index in [1.165, 1.54) is 42.4 Å². The molecule has 2 rings (SSSR count). The quantitative estimate of drug-likeness (QED) is 0.665. The van der Waals surface area contributed by atoms with Gasteiger partial charge in [0.25, 0.3) is 0 Å². The molecule has 0 fully saturated rings. The van der Waals surface area contributed by atoms with Crippen LogP contribution in [0.1, 0.15) is 61.8 Å². The van der Waals surface area contributed by atoms with E-state index in [4.69, 9.17) is 0 Å². The lowest BCUT2D eigenvalue weighted by molar-refractivity contribution is 0.467. The molecule has 1 N–H and O–H groups in total. The Kier molecular flexibility index (Phi) is 6.51. The number of benzene rings is 2. The van der Waals surface area contributed by atoms with Crippen molar-refractivity contribution in [2.24, 2.45) is 0 Å². The van der Waals surface area contributed by atoms with Gasteiger partial charge in [-0.25, -0.2) is 0 Å². The summed E-state index contributed by atoms with van der Waals surface area (Å²) in [6.45, 7) is 4.43. The van der Waals surface area contributed by atoms with Gasteiger partial charge in [0.05, 0.1) is 0 Å². The zero-order valence-corrected chi connectivity index (χ0v) is 13.9. The molecule has 0 spiro atoms. The molecule has 0 aliphatic carbocycles. The Balaban J connectivity index is 2.29. The summed E-state index contributed by atoms with van der Waals surface area (Å²) < 4.78 is 0. The Morgan fingerprint density at radius 3 is 2.18 bits per heavy atom. The average molecular weight is 296 g/mol. The standard InChI is InChI=1S/C21H28O/c1-3-5-10-18-14-19(13-6-4-2)20(21(22)16-18)15-17-11-8-7-9-12-17/h7-9,11-12,14,16,22H,3-6,10,13,15H2,1-2H3. The minimum Gasteiger partial charge on any atom is -0.508 e. The van der Waals surface area contributed by atoms with E-state index in [1.54, 1.807) is 0 Å². The molecule has 0 radical (unpaired) electrons. The van der Waals surface area contributed by atoms with E-state index in [-0.39, 0.29) is 0 Å². The first-order chi connectivity index (χ1) is 10.7. The molecule has 0 heterocycles. The van der Waals surface area contributed by atoms with Crippen LogP contribution in [0, 0.1) is 0 Å². The first kappa shape index (κ1) is 16.6. The summed E-state index contributed by atoms with van der Waals surface area (Å²) in [7, 11) is 0. The third kappa shape index (κ3) is 4.62. The molecular formula is C21H28O. The highest BCUT2D eigenvalue weighted by molar-refractivity contribution is 5.46. The van der Waals surface area contributed by atoms with Crippen LogP contribution in [-0.2, 0) is 19.3 Å². The molecule has 0 bridgehead atoms. The van der Waals surface area contributed by atoms with Gasteiger partial charge in [0.2, 0.25) is 0 Å². The van der Waals surface area contributed by atoms with E-state index in [1.807, 2.05) is 12.1 Å². The fourth-order valence-corrected chi connectivity index (χ4v) is 2.90. The van der Waals surface area contributed by atoms with Crippen molar-refractivity contribution in [2.45, 2.75) is 58.8 Å². The zero-order valence-electron chi connectivity index (χ0n) is 13.9. The molecule has 0 aliphatic heterocycles. The summed E-state index contributed by atoms with van der Waals surface area (Å²) in [6, 6.07) is 14.7. The van der Waals surface area contributed by atoms with Crippen LogP contribution in [0.3, 0.4) is 0 Å². The number of aromatic hydroxyl groups is 1. The average Bonchev–Trinajstić information content (AvgIpc) is 2.54. The smallest absolute Gasteiger partial charge is 0.119 e. The summed E-state index contributed by atoms with van der Waals surface area (Å²) in [5, 5.41) is 10.5. The molecule has 0 aromatic heterocycles. The summed E-state index contributed by atoms with van der Waals surface area (Å²) in [6.07, 6.45) is 7.69. The number of rotatable bonds is 8. The highest BCUT2D eigenvalue weighted by Gasteiger charge is 2.11. The van der Waals surface area contributed by atoms with Gasteiger partial charge in [0, 0.05) is 12.0 Å². The molecule has 0 unspecified atom stereocenters. The number of hydrogen-bond acceptors (Lipinski definition) is 1. The van der Waals surface area contributed by atoms with E-state index in [2.05, 4.69) is 44.2 Å². The van der Waals surface area contributed by atoms with Crippen molar-refractivity contribution in [3.63, 3.8) is 0 Å². The second-order valence-electron chi connectivity index (χ2n) is 6.12. The minimum absolute atomic E-state index is 0.476. The molecular weight excluding hydrogens is 268 g/mol. The number of phenolic OH excluding ortho intramolecular Hbond substituents is 1. The Labute approximate surface area is 135 Å². The number of aryl methyl sites for hydroxylation is 2. The predicted molar refractivity (Wildman–Crippen MR) is 94.6 cm³/mol. The maximum absolute atomic E-state index is 10.5. The maximum Gasteiger partial charge on any atom is 0.119 e. The lowest BCUT2D eigenvalue weighted by Gasteiger charge is -2.14. The molecule has 0 saturated heterocycles. The van der Waals surface area contributed by atoms with Crippen molar-refractivity contribution in [3.05, 3.63) is 64.7 Å². The Morgan fingerprint density at radius 1 is 0.818 bits per heavy atom. The van der Waals surface area contributed by atoms with Gasteiger partial charge in [-0.3, -0.25) is 0 Å². The van der Waals surface area contributed by atoms with Crippen molar-refractivity contribution in [1.82, 2.24) is 0 Å². The second-order valence-corrected chi connectivity index (χ2v) is 6.12. The lowest BCUT2D eigenvalue weighted by atomic mass is 9.92. The molecule has 22 heavy (non-hydrogen) atoms. The number of unbranched alkanes of at least 4 members (excludes halogenated alkanes) is 2. The summed E-state index contributed by atoms with van der Waals surface area (Å²) in [5.74, 6) is 0.476. The van der Waals surface area contributed by atoms with E-state index in [0.29, 0.717) is 5.75 Å². The molecule has 0 atom stereocenters. The van der Waals surface area contributed by atoms with Crippen LogP contribution >= 0.6 is 0 Å². The van der Waals surface area contributed by atoms with Crippen molar-refractivity contribution in [1.29, 1.82) is 0 Å². The van der Waals surface area contributed by atoms with Crippen LogP contribution in [0.5, 0.6) is 5.75 Å². The highest BCUT2D eigenvalue weighted by atomic mass is 16.3. The molecule has 1 nitrogen and oxygen atoms in total. The highest BCUT2D eigenvalue weighted by Crippen LogP contribution is 2.28. The zero-order chi connectivity index (χ0) is 15.8. The summed E-state index contributed by atoms with van der Waals surface area (Å²) in [4.78, 5) is 0. The molecule has 1 heteroatoms. The fourth-order valence-electron chi connectivity index (χ4n) is 2.90. The normalized spacial score (nSPS) is 10.8. The third-order valence-corrected chi connectivity index (χ3v) is 4.22. The second kappa shape index (κ2) is 8.63. The topological polar surface area (TPSA) is 20.2 Å². The van der Waals surface area contributed by atoms with Gasteiger partial charge in [0.15, 0.2) is 0 Å². The van der Waals surface area contributed by atoms with Gasteiger partial charge in [0.1, 0.15) is 5.75 Å². The van der Waals surface area contributed by atoms with Gasteiger partial charge < -0.3 is 5.11 Å². The van der Waals surface area contributed by atoms with Crippen molar-refractivity contribution >= 4 is 0 Å². The van der Waals surface area contributed by atoms with Gasteiger partial charge in [-0.1, -0.05) is 63.1 Å². The SMILES string of the molecule is CCCCc1cc(O)c(Cc2ccccc2)c(CCCC)c1. The maximum atomic E-state index is 10.5. The third-order valence-electron chi connectivity index (χ3n) is 4.22. The van der Waals surface area contributed by atoms with E-state index in [9.17, 15) is 5.11 Å². The first-order valence-electron chi connectivity index (χ1n) is 8.62. The molecule has 0 aliphatic rings. The van der Waals surface area contributed by atoms with Crippen LogP contribution in [0.15, 0.2) is 42.5 Å². The van der Waals surface area contributed by atoms with Crippen LogP contribution < -0.4 is 0 Å². The minimum atomic E-state index is 0.476.